The quantitative estimate of drug-likeness (QED) is 0.249. The molecule has 9 nitrogen and oxygen atoms in total. The Balaban J connectivity index is 1.89. The van der Waals surface area contributed by atoms with E-state index < -0.39 is 44.2 Å². The third kappa shape index (κ3) is 4.84. The van der Waals surface area contributed by atoms with E-state index in [0.29, 0.717) is 21.4 Å². The minimum atomic E-state index is -4.90. The molecule has 0 atom stereocenters. The zero-order chi connectivity index (χ0) is 27.0. The number of aromatic nitrogens is 3. The van der Waals surface area contributed by atoms with Crippen molar-refractivity contribution in [2.75, 3.05) is 25.3 Å². The van der Waals surface area contributed by atoms with Crippen LogP contribution in [0.2, 0.25) is 5.02 Å². The number of nitrogens with one attached hydrogen (secondary N) is 1. The minimum absolute atomic E-state index is 0.0642. The molecule has 0 bridgehead atoms. The number of fused-ring (bicyclic) bond motifs is 1. The van der Waals surface area contributed by atoms with Crippen molar-refractivity contribution in [1.82, 2.24) is 15.0 Å². The number of methoxy groups -OCH3 is 2. The Morgan fingerprint density at radius 3 is 2.59 bits per heavy atom. The smallest absolute Gasteiger partial charge is 0.417 e. The number of ketones is 1. The fourth-order valence-electron chi connectivity index (χ4n) is 3.66. The molecule has 0 unspecified atom stereocenters. The van der Waals surface area contributed by atoms with Gasteiger partial charge in [-0.1, -0.05) is 11.6 Å². The number of rotatable bonds is 8. The number of hydrogen-bond acceptors (Lipinski definition) is 7. The zero-order valence-electron chi connectivity index (χ0n) is 19.2. The first-order chi connectivity index (χ1) is 17.5. The molecule has 37 heavy (non-hydrogen) atoms. The second-order valence-electron chi connectivity index (χ2n) is 7.55. The molecular formula is C23H18ClF3N4O5S. The summed E-state index contributed by atoms with van der Waals surface area (Å²) in [6.07, 6.45) is -0.733. The summed E-state index contributed by atoms with van der Waals surface area (Å²) in [5.41, 5.74) is -1.41. The van der Waals surface area contributed by atoms with Crippen LogP contribution in [0.1, 0.15) is 21.6 Å². The van der Waals surface area contributed by atoms with Gasteiger partial charge in [0.2, 0.25) is 5.78 Å². The Hall–Kier alpha value is -3.68. The van der Waals surface area contributed by atoms with Crippen LogP contribution >= 0.6 is 11.6 Å². The molecule has 14 heteroatoms. The summed E-state index contributed by atoms with van der Waals surface area (Å²) in [6, 6.07) is 6.46. The first kappa shape index (κ1) is 26.4. The molecule has 0 saturated carbocycles. The second-order valence-corrected chi connectivity index (χ2v) is 9.82. The molecule has 0 aliphatic heterocycles. The highest BCUT2D eigenvalue weighted by molar-refractivity contribution is 7.92. The lowest BCUT2D eigenvalue weighted by atomic mass is 10.0. The summed E-state index contributed by atoms with van der Waals surface area (Å²) in [4.78, 5) is 24.2. The molecule has 0 spiro atoms. The van der Waals surface area contributed by atoms with Gasteiger partial charge >= 0.3 is 6.18 Å². The van der Waals surface area contributed by atoms with E-state index in [9.17, 15) is 26.4 Å². The van der Waals surface area contributed by atoms with Crippen molar-refractivity contribution < 1.29 is 35.9 Å². The molecule has 1 N–H and O–H groups in total. The third-order valence-corrected chi connectivity index (χ3v) is 7.41. The lowest BCUT2D eigenvalue weighted by Crippen LogP contribution is -2.34. The van der Waals surface area contributed by atoms with E-state index in [2.05, 4.69) is 15.0 Å². The highest BCUT2D eigenvalue weighted by Gasteiger charge is 2.37. The Morgan fingerprint density at radius 2 is 1.92 bits per heavy atom. The van der Waals surface area contributed by atoms with Crippen LogP contribution in [0.5, 0.6) is 5.75 Å². The van der Waals surface area contributed by atoms with Gasteiger partial charge in [0.25, 0.3) is 10.0 Å². The summed E-state index contributed by atoms with van der Waals surface area (Å²) in [5.74, 6) is -0.592. The van der Waals surface area contributed by atoms with Crippen LogP contribution in [0.4, 0.5) is 18.9 Å². The van der Waals surface area contributed by atoms with Gasteiger partial charge in [0.15, 0.2) is 0 Å². The Kier molecular flexibility index (Phi) is 7.13. The van der Waals surface area contributed by atoms with Crippen LogP contribution in [0.25, 0.3) is 11.0 Å². The molecule has 0 amide bonds. The normalized spacial score (nSPS) is 12.1. The van der Waals surface area contributed by atoms with Crippen molar-refractivity contribution in [2.24, 2.45) is 0 Å². The molecule has 3 heterocycles. The van der Waals surface area contributed by atoms with Gasteiger partial charge in [0.1, 0.15) is 23.8 Å². The SMILES string of the molecule is COCN(c1cccnc1C(=O)c1c(OC)cnc2[nH]ccc12)S(=O)(=O)c1ccc(Cl)c(C(F)(F)F)c1. The van der Waals surface area contributed by atoms with Gasteiger partial charge in [-0.15, -0.1) is 0 Å². The van der Waals surface area contributed by atoms with Crippen LogP contribution in [0, 0.1) is 0 Å². The van der Waals surface area contributed by atoms with Gasteiger partial charge in [-0.2, -0.15) is 13.2 Å². The molecule has 0 aliphatic carbocycles. The van der Waals surface area contributed by atoms with E-state index in [1.165, 1.54) is 38.7 Å². The Labute approximate surface area is 213 Å². The van der Waals surface area contributed by atoms with Gasteiger partial charge in [-0.25, -0.2) is 17.7 Å². The zero-order valence-corrected chi connectivity index (χ0v) is 20.8. The molecule has 194 valence electrons. The van der Waals surface area contributed by atoms with E-state index in [4.69, 9.17) is 21.1 Å². The number of aromatic amines is 1. The van der Waals surface area contributed by atoms with Gasteiger partial charge in [0.05, 0.1) is 40.0 Å². The number of alkyl halides is 3. The molecular weight excluding hydrogens is 537 g/mol. The number of ether oxygens (including phenoxy) is 2. The Morgan fingerprint density at radius 1 is 1.16 bits per heavy atom. The molecule has 1 aromatic carbocycles. The number of benzene rings is 1. The van der Waals surface area contributed by atoms with Crippen molar-refractivity contribution >= 4 is 44.1 Å². The standard InChI is InChI=1S/C23H18ClF3N4O5S/c1-35-12-31(37(33,34)13-5-6-16(24)15(10-13)23(25,26)27)17-4-3-8-28-20(17)21(32)19-14-7-9-29-22(14)30-11-18(19)36-2/h3-11H,12H2,1-2H3,(H,29,30). The summed E-state index contributed by atoms with van der Waals surface area (Å²) >= 11 is 5.66. The van der Waals surface area contributed by atoms with E-state index in [1.54, 1.807) is 12.3 Å². The molecule has 4 aromatic rings. The predicted octanol–water partition coefficient (Wildman–Crippen LogP) is 4.67. The van der Waals surface area contributed by atoms with Crippen LogP contribution < -0.4 is 9.04 Å². The first-order valence-electron chi connectivity index (χ1n) is 10.4. The number of carbonyl (C=O) groups excluding carboxylic acids is 1. The Bertz CT molecular complexity index is 1590. The average molecular weight is 555 g/mol. The number of anilines is 1. The summed E-state index contributed by atoms with van der Waals surface area (Å²) in [5, 5.41) is -0.267. The molecule has 4 rings (SSSR count). The number of hydrogen-bond donors (Lipinski definition) is 1. The third-order valence-electron chi connectivity index (χ3n) is 5.35. The lowest BCUT2D eigenvalue weighted by molar-refractivity contribution is -0.137. The van der Waals surface area contributed by atoms with E-state index in [1.807, 2.05) is 0 Å². The maximum atomic E-state index is 13.7. The summed E-state index contributed by atoms with van der Waals surface area (Å²) in [6.45, 7) is -0.634. The average Bonchev–Trinajstić information content (AvgIpc) is 3.34. The lowest BCUT2D eigenvalue weighted by Gasteiger charge is -2.25. The van der Waals surface area contributed by atoms with Crippen LogP contribution in [-0.2, 0) is 20.9 Å². The monoisotopic (exact) mass is 554 g/mol. The highest BCUT2D eigenvalue weighted by atomic mass is 35.5. The van der Waals surface area contributed by atoms with Crippen molar-refractivity contribution in [3.05, 3.63) is 76.8 Å². The van der Waals surface area contributed by atoms with Crippen LogP contribution in [0.3, 0.4) is 0 Å². The van der Waals surface area contributed by atoms with Gasteiger partial charge < -0.3 is 14.5 Å². The first-order valence-corrected chi connectivity index (χ1v) is 12.2. The molecule has 0 radical (unpaired) electrons. The van der Waals surface area contributed by atoms with E-state index in [-0.39, 0.29) is 22.7 Å². The summed E-state index contributed by atoms with van der Waals surface area (Å²) in [7, 11) is -2.16. The number of halogens is 4. The van der Waals surface area contributed by atoms with Crippen molar-refractivity contribution in [3.8, 4) is 5.75 Å². The molecule has 0 aliphatic rings. The minimum Gasteiger partial charge on any atom is -0.494 e. The number of sulfonamides is 1. The van der Waals surface area contributed by atoms with Crippen molar-refractivity contribution in [1.29, 1.82) is 0 Å². The highest BCUT2D eigenvalue weighted by Crippen LogP contribution is 2.38. The number of H-pyrrole nitrogens is 1. The van der Waals surface area contributed by atoms with Gasteiger partial charge in [0, 0.05) is 24.9 Å². The molecule has 0 fully saturated rings. The fourth-order valence-corrected chi connectivity index (χ4v) is 5.30. The largest absolute Gasteiger partial charge is 0.494 e. The maximum absolute atomic E-state index is 13.7. The molecule has 3 aromatic heterocycles. The van der Waals surface area contributed by atoms with E-state index in [0.717, 1.165) is 12.1 Å². The van der Waals surface area contributed by atoms with Gasteiger partial charge in [-0.05, 0) is 36.4 Å². The predicted molar refractivity (Wildman–Crippen MR) is 128 cm³/mol. The van der Waals surface area contributed by atoms with Crippen molar-refractivity contribution in [3.63, 3.8) is 0 Å². The fraction of sp³-hybridized carbons (Fsp3) is 0.174. The van der Waals surface area contributed by atoms with Gasteiger partial charge in [-0.3, -0.25) is 9.78 Å². The number of carbonyl (C=O) groups is 1. The number of nitrogens with zero attached hydrogens (tertiary/aromatic N) is 3. The molecule has 0 saturated heterocycles. The maximum Gasteiger partial charge on any atom is 0.417 e. The van der Waals surface area contributed by atoms with E-state index >= 15 is 0 Å². The number of pyridine rings is 2. The topological polar surface area (TPSA) is 114 Å². The van der Waals surface area contributed by atoms with Crippen LogP contribution in [0.15, 0.2) is 59.9 Å². The summed E-state index contributed by atoms with van der Waals surface area (Å²) < 4.78 is 78.4. The second kappa shape index (κ2) is 10.00. The van der Waals surface area contributed by atoms with Crippen molar-refractivity contribution in [2.45, 2.75) is 11.1 Å². The van der Waals surface area contributed by atoms with Crippen LogP contribution in [-0.4, -0.2) is 50.1 Å².